The molecule has 0 aliphatic carbocycles. The fraction of sp³-hybridized carbons (Fsp3) is 0.500. The second kappa shape index (κ2) is 5.45. The zero-order chi connectivity index (χ0) is 15.8. The highest BCUT2D eigenvalue weighted by molar-refractivity contribution is 7.92. The van der Waals surface area contributed by atoms with Gasteiger partial charge in [-0.1, -0.05) is 0 Å². The standard InChI is InChI=1S/C12H13F4NO3S/c13-8-1-2-10(17-5-3-9(18)4-6-17)11(7-8)21(19,20)12(14,15)16/h1-2,7,9,18H,3-6H2. The van der Waals surface area contributed by atoms with Crippen LogP contribution in [0.25, 0.3) is 0 Å². The number of rotatable bonds is 2. The zero-order valence-corrected chi connectivity index (χ0v) is 11.6. The fourth-order valence-electron chi connectivity index (χ4n) is 2.20. The van der Waals surface area contributed by atoms with Crippen LogP contribution in [0, 0.1) is 5.82 Å². The molecule has 9 heteroatoms. The van der Waals surface area contributed by atoms with Gasteiger partial charge in [0, 0.05) is 13.1 Å². The number of alkyl halides is 3. The molecule has 0 radical (unpaired) electrons. The second-order valence-corrected chi connectivity index (χ2v) is 6.69. The molecule has 0 amide bonds. The maximum absolute atomic E-state index is 13.2. The number of hydrogen-bond donors (Lipinski definition) is 1. The van der Waals surface area contributed by atoms with Crippen molar-refractivity contribution >= 4 is 15.5 Å². The highest BCUT2D eigenvalue weighted by atomic mass is 32.2. The van der Waals surface area contributed by atoms with Gasteiger partial charge in [-0.05, 0) is 31.0 Å². The highest BCUT2D eigenvalue weighted by Gasteiger charge is 2.48. The van der Waals surface area contributed by atoms with Crippen molar-refractivity contribution in [1.29, 1.82) is 0 Å². The van der Waals surface area contributed by atoms with Crippen LogP contribution in [0.4, 0.5) is 23.2 Å². The maximum Gasteiger partial charge on any atom is 0.501 e. The summed E-state index contributed by atoms with van der Waals surface area (Å²) >= 11 is 0. The first-order chi connectivity index (χ1) is 9.63. The van der Waals surface area contributed by atoms with Crippen LogP contribution in [-0.2, 0) is 9.84 Å². The molecule has 1 aliphatic heterocycles. The summed E-state index contributed by atoms with van der Waals surface area (Å²) in [5, 5.41) is 9.39. The molecule has 2 rings (SSSR count). The molecule has 1 aliphatic rings. The minimum Gasteiger partial charge on any atom is -0.393 e. The van der Waals surface area contributed by atoms with Crippen molar-refractivity contribution in [1.82, 2.24) is 0 Å². The summed E-state index contributed by atoms with van der Waals surface area (Å²) in [6.07, 6.45) is 0.0514. The molecule has 1 saturated heterocycles. The summed E-state index contributed by atoms with van der Waals surface area (Å²) in [7, 11) is -5.64. The average Bonchev–Trinajstić information content (AvgIpc) is 2.38. The van der Waals surface area contributed by atoms with Crippen molar-refractivity contribution in [3.05, 3.63) is 24.0 Å². The number of piperidine rings is 1. The minimum atomic E-state index is -5.64. The topological polar surface area (TPSA) is 57.6 Å². The van der Waals surface area contributed by atoms with E-state index in [1.807, 2.05) is 0 Å². The molecule has 0 spiro atoms. The van der Waals surface area contributed by atoms with Crippen LogP contribution in [0.2, 0.25) is 0 Å². The zero-order valence-electron chi connectivity index (χ0n) is 10.8. The molecule has 1 N–H and O–H groups in total. The van der Waals surface area contributed by atoms with Gasteiger partial charge in [-0.2, -0.15) is 13.2 Å². The van der Waals surface area contributed by atoms with E-state index in [0.29, 0.717) is 18.9 Å². The molecule has 0 atom stereocenters. The lowest BCUT2D eigenvalue weighted by Gasteiger charge is -2.32. The quantitative estimate of drug-likeness (QED) is 0.845. The van der Waals surface area contributed by atoms with Crippen molar-refractivity contribution < 1.29 is 31.1 Å². The van der Waals surface area contributed by atoms with Gasteiger partial charge in [0.2, 0.25) is 0 Å². The van der Waals surface area contributed by atoms with Crippen molar-refractivity contribution in [3.63, 3.8) is 0 Å². The molecular weight excluding hydrogens is 314 g/mol. The molecule has 0 bridgehead atoms. The summed E-state index contributed by atoms with van der Waals surface area (Å²) in [5.74, 6) is -1.06. The van der Waals surface area contributed by atoms with E-state index >= 15 is 0 Å². The number of aliphatic hydroxyl groups excluding tert-OH is 1. The monoisotopic (exact) mass is 327 g/mol. The molecule has 4 nitrogen and oxygen atoms in total. The van der Waals surface area contributed by atoms with Crippen LogP contribution in [0.5, 0.6) is 0 Å². The average molecular weight is 327 g/mol. The molecule has 1 fully saturated rings. The Morgan fingerprint density at radius 3 is 2.29 bits per heavy atom. The van der Waals surface area contributed by atoms with Crippen molar-refractivity contribution in [3.8, 4) is 0 Å². The van der Waals surface area contributed by atoms with Crippen LogP contribution < -0.4 is 4.90 Å². The van der Waals surface area contributed by atoms with E-state index in [0.717, 1.165) is 12.1 Å². The van der Waals surface area contributed by atoms with E-state index in [-0.39, 0.29) is 18.8 Å². The molecule has 1 aromatic carbocycles. The molecule has 0 unspecified atom stereocenters. The van der Waals surface area contributed by atoms with E-state index in [1.54, 1.807) is 0 Å². The molecule has 118 valence electrons. The van der Waals surface area contributed by atoms with E-state index < -0.39 is 32.2 Å². The third kappa shape index (κ3) is 3.13. The summed E-state index contributed by atoms with van der Waals surface area (Å²) in [5.41, 5.74) is -5.69. The van der Waals surface area contributed by atoms with Gasteiger partial charge in [0.15, 0.2) is 0 Å². The lowest BCUT2D eigenvalue weighted by molar-refractivity contribution is -0.0435. The van der Waals surface area contributed by atoms with E-state index in [1.165, 1.54) is 4.90 Å². The Morgan fingerprint density at radius 1 is 1.19 bits per heavy atom. The first-order valence-electron chi connectivity index (χ1n) is 6.17. The van der Waals surface area contributed by atoms with Crippen LogP contribution >= 0.6 is 0 Å². The first-order valence-corrected chi connectivity index (χ1v) is 7.65. The van der Waals surface area contributed by atoms with Crippen LogP contribution in [-0.4, -0.2) is 38.2 Å². The Labute approximate surface area is 118 Å². The normalized spacial score (nSPS) is 18.0. The Bertz CT molecular complexity index is 622. The second-order valence-electron chi connectivity index (χ2n) is 4.78. The molecule has 1 aromatic rings. The lowest BCUT2D eigenvalue weighted by atomic mass is 10.1. The number of hydrogen-bond acceptors (Lipinski definition) is 4. The lowest BCUT2D eigenvalue weighted by Crippen LogP contribution is -2.37. The highest BCUT2D eigenvalue weighted by Crippen LogP contribution is 2.37. The van der Waals surface area contributed by atoms with Crippen LogP contribution in [0.15, 0.2) is 23.1 Å². The summed E-state index contributed by atoms with van der Waals surface area (Å²) in [4.78, 5) is 0.316. The van der Waals surface area contributed by atoms with Gasteiger partial charge in [0.05, 0.1) is 11.8 Å². The van der Waals surface area contributed by atoms with Gasteiger partial charge in [0.25, 0.3) is 9.84 Å². The van der Waals surface area contributed by atoms with E-state index in [4.69, 9.17) is 0 Å². The Hall–Kier alpha value is -1.35. The summed E-state index contributed by atoms with van der Waals surface area (Å²) in [6.45, 7) is 0.403. The SMILES string of the molecule is O=S(=O)(c1cc(F)ccc1N1CCC(O)CC1)C(F)(F)F. The van der Waals surface area contributed by atoms with Gasteiger partial charge < -0.3 is 10.0 Å². The number of aliphatic hydroxyl groups is 1. The van der Waals surface area contributed by atoms with Crippen molar-refractivity contribution in [2.45, 2.75) is 29.3 Å². The maximum atomic E-state index is 13.2. The van der Waals surface area contributed by atoms with Crippen molar-refractivity contribution in [2.75, 3.05) is 18.0 Å². The van der Waals surface area contributed by atoms with E-state index in [2.05, 4.69) is 0 Å². The minimum absolute atomic E-state index is 0.194. The summed E-state index contributed by atoms with van der Waals surface area (Å²) < 4.78 is 74.4. The molecule has 1 heterocycles. The molecule has 0 saturated carbocycles. The number of halogens is 4. The molecule has 21 heavy (non-hydrogen) atoms. The van der Waals surface area contributed by atoms with Gasteiger partial charge in [-0.25, -0.2) is 12.8 Å². The predicted molar refractivity (Wildman–Crippen MR) is 67.1 cm³/mol. The Balaban J connectivity index is 2.49. The molecular formula is C12H13F4NO3S. The molecule has 0 aromatic heterocycles. The third-order valence-corrected chi connectivity index (χ3v) is 4.84. The Morgan fingerprint density at radius 2 is 1.76 bits per heavy atom. The van der Waals surface area contributed by atoms with E-state index in [9.17, 15) is 31.1 Å². The number of sulfone groups is 1. The van der Waals surface area contributed by atoms with Gasteiger partial charge in [-0.15, -0.1) is 0 Å². The third-order valence-electron chi connectivity index (χ3n) is 3.32. The van der Waals surface area contributed by atoms with Gasteiger partial charge in [-0.3, -0.25) is 0 Å². The smallest absolute Gasteiger partial charge is 0.393 e. The number of anilines is 1. The van der Waals surface area contributed by atoms with Crippen LogP contribution in [0.1, 0.15) is 12.8 Å². The number of nitrogens with zero attached hydrogens (tertiary/aromatic N) is 1. The van der Waals surface area contributed by atoms with Gasteiger partial charge in [0.1, 0.15) is 10.7 Å². The largest absolute Gasteiger partial charge is 0.501 e. The van der Waals surface area contributed by atoms with Gasteiger partial charge >= 0.3 is 5.51 Å². The van der Waals surface area contributed by atoms with Crippen molar-refractivity contribution in [2.24, 2.45) is 0 Å². The predicted octanol–water partition coefficient (Wildman–Crippen LogP) is 2.08. The number of benzene rings is 1. The Kier molecular flexibility index (Phi) is 4.16. The first kappa shape index (κ1) is 16.0. The fourth-order valence-corrected chi connectivity index (χ4v) is 3.19. The summed E-state index contributed by atoms with van der Waals surface area (Å²) in [6, 6.07) is 2.31. The van der Waals surface area contributed by atoms with Crippen LogP contribution in [0.3, 0.4) is 0 Å².